The molecule has 0 radical (unpaired) electrons. The van der Waals surface area contributed by atoms with Crippen LogP contribution in [-0.2, 0) is 4.79 Å². The minimum absolute atomic E-state index is 0.0564. The van der Waals surface area contributed by atoms with E-state index in [4.69, 9.17) is 14.2 Å². The van der Waals surface area contributed by atoms with Crippen molar-refractivity contribution >= 4 is 17.7 Å². The van der Waals surface area contributed by atoms with E-state index in [-0.39, 0.29) is 11.9 Å². The third-order valence-electron chi connectivity index (χ3n) is 5.68. The number of rotatable bonds is 6. The fourth-order valence-corrected chi connectivity index (χ4v) is 4.76. The normalized spacial score (nSPS) is 17.4. The minimum Gasteiger partial charge on any atom is -0.497 e. The molecule has 1 amide bonds. The number of methoxy groups -OCH3 is 1. The topological polar surface area (TPSA) is 89.6 Å². The van der Waals surface area contributed by atoms with E-state index in [1.165, 1.54) is 11.8 Å². The summed E-state index contributed by atoms with van der Waals surface area (Å²) in [5.74, 6) is 3.35. The van der Waals surface area contributed by atoms with E-state index < -0.39 is 0 Å². The molecule has 2 aliphatic heterocycles. The highest BCUT2D eigenvalue weighted by Gasteiger charge is 2.31. The Morgan fingerprint density at radius 3 is 2.81 bits per heavy atom. The van der Waals surface area contributed by atoms with E-state index in [0.717, 1.165) is 47.8 Å². The number of thioether (sulfide) groups is 1. The third-order valence-corrected chi connectivity index (χ3v) is 6.51. The molecule has 2 aliphatic rings. The largest absolute Gasteiger partial charge is 0.497 e. The van der Waals surface area contributed by atoms with Gasteiger partial charge in [0.05, 0.1) is 18.9 Å². The van der Waals surface area contributed by atoms with Crippen LogP contribution in [-0.4, -0.2) is 58.6 Å². The quantitative estimate of drug-likeness (QED) is 0.570. The molecule has 1 atom stereocenters. The van der Waals surface area contributed by atoms with Crippen molar-refractivity contribution in [3.05, 3.63) is 48.0 Å². The zero-order valence-corrected chi connectivity index (χ0v) is 18.6. The Balaban J connectivity index is 1.22. The number of carbonyl (C=O) groups excluding carboxylic acids is 1. The number of ether oxygens (including phenoxy) is 3. The van der Waals surface area contributed by atoms with E-state index in [1.54, 1.807) is 7.11 Å². The number of aromatic amines is 1. The molecule has 1 fully saturated rings. The number of carbonyl (C=O) groups is 1. The van der Waals surface area contributed by atoms with Crippen LogP contribution in [0.4, 0.5) is 0 Å². The highest BCUT2D eigenvalue weighted by Crippen LogP contribution is 2.38. The van der Waals surface area contributed by atoms with Crippen LogP contribution in [0.25, 0.3) is 11.4 Å². The van der Waals surface area contributed by atoms with E-state index in [9.17, 15) is 4.79 Å². The fourth-order valence-electron chi connectivity index (χ4n) is 4.08. The van der Waals surface area contributed by atoms with Gasteiger partial charge in [0, 0.05) is 12.1 Å². The van der Waals surface area contributed by atoms with Crippen molar-refractivity contribution in [2.24, 2.45) is 0 Å². The van der Waals surface area contributed by atoms with Gasteiger partial charge in [-0.05, 0) is 54.8 Å². The second-order valence-corrected chi connectivity index (χ2v) is 8.57. The average Bonchev–Trinajstić information content (AvgIpc) is 3.52. The van der Waals surface area contributed by atoms with Crippen LogP contribution in [0.5, 0.6) is 17.2 Å². The molecule has 3 aromatic rings. The first-order valence-electron chi connectivity index (χ1n) is 10.6. The predicted octanol–water partition coefficient (Wildman–Crippen LogP) is 3.71. The molecule has 9 heteroatoms. The van der Waals surface area contributed by atoms with Gasteiger partial charge in [0.2, 0.25) is 11.1 Å². The number of hydrogen-bond donors (Lipinski definition) is 1. The number of amides is 1. The van der Waals surface area contributed by atoms with Gasteiger partial charge < -0.3 is 19.1 Å². The number of nitrogens with one attached hydrogen (secondary N) is 1. The molecule has 2 aromatic carbocycles. The number of nitrogens with zero attached hydrogens (tertiary/aromatic N) is 3. The Hall–Kier alpha value is -3.20. The number of likely N-dealkylation sites (tertiary alicyclic amines) is 1. The van der Waals surface area contributed by atoms with E-state index in [1.807, 2.05) is 47.4 Å². The maximum atomic E-state index is 13.0. The number of H-pyrrole nitrogens is 1. The lowest BCUT2D eigenvalue weighted by atomic mass is 10.0. The second-order valence-electron chi connectivity index (χ2n) is 7.63. The molecule has 0 bridgehead atoms. The van der Waals surface area contributed by atoms with Crippen LogP contribution >= 0.6 is 11.8 Å². The third kappa shape index (κ3) is 4.25. The Morgan fingerprint density at radius 2 is 2.00 bits per heavy atom. The van der Waals surface area contributed by atoms with Gasteiger partial charge in [-0.1, -0.05) is 17.8 Å². The molecule has 0 saturated carbocycles. The molecule has 1 aromatic heterocycles. The van der Waals surface area contributed by atoms with Crippen LogP contribution < -0.4 is 14.2 Å². The van der Waals surface area contributed by atoms with Crippen molar-refractivity contribution in [3.8, 4) is 28.6 Å². The maximum Gasteiger partial charge on any atom is 0.233 e. The van der Waals surface area contributed by atoms with Gasteiger partial charge in [0.25, 0.3) is 0 Å². The van der Waals surface area contributed by atoms with Crippen LogP contribution in [0.2, 0.25) is 0 Å². The molecule has 8 nitrogen and oxygen atoms in total. The lowest BCUT2D eigenvalue weighted by molar-refractivity contribution is -0.129. The first kappa shape index (κ1) is 20.7. The molecular formula is C23H24N4O4S. The Kier molecular flexibility index (Phi) is 5.89. The number of fused-ring (bicyclic) bond motifs is 1. The van der Waals surface area contributed by atoms with Crippen LogP contribution in [0.1, 0.15) is 24.4 Å². The first-order chi connectivity index (χ1) is 15.7. The zero-order chi connectivity index (χ0) is 21.9. The SMILES string of the molecule is COc1ccc(-c2nc(SCC(=O)N3CCCC3c3ccc4c(c3)OCCO4)n[nH]2)cc1. The molecule has 5 rings (SSSR count). The van der Waals surface area contributed by atoms with Gasteiger partial charge in [-0.15, -0.1) is 5.10 Å². The van der Waals surface area contributed by atoms with Gasteiger partial charge in [0.15, 0.2) is 17.3 Å². The van der Waals surface area contributed by atoms with Crippen LogP contribution in [0, 0.1) is 0 Å². The van der Waals surface area contributed by atoms with Gasteiger partial charge >= 0.3 is 0 Å². The summed E-state index contributed by atoms with van der Waals surface area (Å²) in [7, 11) is 1.63. The molecule has 1 N–H and O–H groups in total. The summed E-state index contributed by atoms with van der Waals surface area (Å²) in [6.07, 6.45) is 1.93. The summed E-state index contributed by atoms with van der Waals surface area (Å²) in [6, 6.07) is 13.6. The molecule has 3 heterocycles. The highest BCUT2D eigenvalue weighted by molar-refractivity contribution is 7.99. The van der Waals surface area contributed by atoms with Crippen LogP contribution in [0.3, 0.4) is 0 Å². The monoisotopic (exact) mass is 452 g/mol. The van der Waals surface area contributed by atoms with Crippen molar-refractivity contribution < 1.29 is 19.0 Å². The molecule has 0 aliphatic carbocycles. The molecule has 1 saturated heterocycles. The second kappa shape index (κ2) is 9.12. The van der Waals surface area contributed by atoms with E-state index >= 15 is 0 Å². The highest BCUT2D eigenvalue weighted by atomic mass is 32.2. The number of benzene rings is 2. The van der Waals surface area contributed by atoms with Crippen molar-refractivity contribution in [2.75, 3.05) is 32.6 Å². The van der Waals surface area contributed by atoms with Crippen LogP contribution in [0.15, 0.2) is 47.6 Å². The summed E-state index contributed by atoms with van der Waals surface area (Å²) in [5, 5.41) is 7.75. The lowest BCUT2D eigenvalue weighted by Gasteiger charge is -2.26. The summed E-state index contributed by atoms with van der Waals surface area (Å²) >= 11 is 1.34. The average molecular weight is 453 g/mol. The summed E-state index contributed by atoms with van der Waals surface area (Å²) in [6.45, 7) is 1.87. The fraction of sp³-hybridized carbons (Fsp3) is 0.348. The van der Waals surface area contributed by atoms with E-state index in [0.29, 0.717) is 29.9 Å². The molecule has 0 spiro atoms. The standard InChI is InChI=1S/C23H24N4O4S/c1-29-17-7-4-15(5-8-17)22-24-23(26-25-22)32-14-21(28)27-10-2-3-18(27)16-6-9-19-20(13-16)31-12-11-30-19/h4-9,13,18H,2-3,10-12,14H2,1H3,(H,24,25,26). The van der Waals surface area contributed by atoms with Crippen molar-refractivity contribution in [2.45, 2.75) is 24.0 Å². The maximum absolute atomic E-state index is 13.0. The molecule has 166 valence electrons. The summed E-state index contributed by atoms with van der Waals surface area (Å²) < 4.78 is 16.5. The van der Waals surface area contributed by atoms with Crippen molar-refractivity contribution in [1.29, 1.82) is 0 Å². The van der Waals surface area contributed by atoms with Gasteiger partial charge in [-0.25, -0.2) is 4.98 Å². The minimum atomic E-state index is 0.0564. The number of hydrogen-bond acceptors (Lipinski definition) is 7. The van der Waals surface area contributed by atoms with Gasteiger partial charge in [0.1, 0.15) is 19.0 Å². The van der Waals surface area contributed by atoms with Crippen molar-refractivity contribution in [1.82, 2.24) is 20.1 Å². The molecular weight excluding hydrogens is 428 g/mol. The first-order valence-corrected chi connectivity index (χ1v) is 11.6. The Morgan fingerprint density at radius 1 is 1.19 bits per heavy atom. The van der Waals surface area contributed by atoms with E-state index in [2.05, 4.69) is 15.2 Å². The summed E-state index contributed by atoms with van der Waals surface area (Å²) in [5.41, 5.74) is 2.00. The van der Waals surface area contributed by atoms with Gasteiger partial charge in [-0.2, -0.15) is 0 Å². The van der Waals surface area contributed by atoms with Crippen molar-refractivity contribution in [3.63, 3.8) is 0 Å². The Labute approximate surface area is 190 Å². The molecule has 32 heavy (non-hydrogen) atoms. The smallest absolute Gasteiger partial charge is 0.233 e. The predicted molar refractivity (Wildman–Crippen MR) is 120 cm³/mol. The summed E-state index contributed by atoms with van der Waals surface area (Å²) in [4.78, 5) is 19.5. The number of aromatic nitrogens is 3. The Bertz CT molecular complexity index is 1100. The van der Waals surface area contributed by atoms with Gasteiger partial charge in [-0.3, -0.25) is 9.89 Å². The lowest BCUT2D eigenvalue weighted by Crippen LogP contribution is -2.32. The zero-order valence-electron chi connectivity index (χ0n) is 17.7. The molecule has 1 unspecified atom stereocenters.